The predicted molar refractivity (Wildman–Crippen MR) is 154 cm³/mol. The summed E-state index contributed by atoms with van der Waals surface area (Å²) < 4.78 is 0. The minimum Gasteiger partial charge on any atom is -0.383 e. The highest BCUT2D eigenvalue weighted by molar-refractivity contribution is 6.11. The van der Waals surface area contributed by atoms with E-state index in [1.54, 1.807) is 25.3 Å². The van der Waals surface area contributed by atoms with E-state index in [-0.39, 0.29) is 40.8 Å². The Morgan fingerprint density at radius 1 is 1.18 bits per heavy atom. The Morgan fingerprint density at radius 3 is 2.56 bits per heavy atom. The molecule has 2 aliphatic carbocycles. The third-order valence-corrected chi connectivity index (χ3v) is 8.04. The first-order valence-electron chi connectivity index (χ1n) is 13.6. The van der Waals surface area contributed by atoms with Crippen molar-refractivity contribution < 1.29 is 14.4 Å². The SMILES string of the molecule is CCC(C)C(=N/C=C(\C)C(=O)Nc1cc(C(N)=NC(=O)C2CC2)ccc1C)c1ccc2c(c1)C1(CC1)C(=O)N2. The number of anilines is 2. The lowest BCUT2D eigenvalue weighted by molar-refractivity contribution is -0.119. The summed E-state index contributed by atoms with van der Waals surface area (Å²) in [5, 5.41) is 5.94. The number of benzene rings is 2. The van der Waals surface area contributed by atoms with Crippen molar-refractivity contribution in [2.45, 2.75) is 65.2 Å². The zero-order chi connectivity index (χ0) is 27.9. The summed E-state index contributed by atoms with van der Waals surface area (Å²) >= 11 is 0. The maximum atomic E-state index is 13.1. The number of amides is 3. The van der Waals surface area contributed by atoms with E-state index in [1.807, 2.05) is 25.1 Å². The van der Waals surface area contributed by atoms with Crippen molar-refractivity contribution >= 4 is 40.6 Å². The fourth-order valence-electron chi connectivity index (χ4n) is 4.84. The Bertz CT molecular complexity index is 1460. The summed E-state index contributed by atoms with van der Waals surface area (Å²) in [5.74, 6) is -0.0797. The van der Waals surface area contributed by atoms with Gasteiger partial charge in [0.1, 0.15) is 5.84 Å². The molecule has 8 heteroatoms. The first kappa shape index (κ1) is 26.5. The van der Waals surface area contributed by atoms with Gasteiger partial charge in [0.05, 0.1) is 11.1 Å². The quantitative estimate of drug-likeness (QED) is 0.255. The summed E-state index contributed by atoms with van der Waals surface area (Å²) in [7, 11) is 0. The van der Waals surface area contributed by atoms with Gasteiger partial charge in [-0.2, -0.15) is 4.99 Å². The molecule has 1 spiro atoms. The van der Waals surface area contributed by atoms with Gasteiger partial charge >= 0.3 is 0 Å². The molecule has 0 radical (unpaired) electrons. The number of nitrogens with zero attached hydrogens (tertiary/aromatic N) is 2. The highest BCUT2D eigenvalue weighted by Crippen LogP contribution is 2.55. The highest BCUT2D eigenvalue weighted by Gasteiger charge is 2.56. The lowest BCUT2D eigenvalue weighted by Crippen LogP contribution is -2.19. The number of aryl methyl sites for hydroxylation is 1. The van der Waals surface area contributed by atoms with Crippen LogP contribution in [0.1, 0.15) is 75.1 Å². The largest absolute Gasteiger partial charge is 0.383 e. The van der Waals surface area contributed by atoms with Crippen LogP contribution < -0.4 is 16.4 Å². The summed E-state index contributed by atoms with van der Waals surface area (Å²) in [6, 6.07) is 11.4. The standard InChI is InChI=1S/C31H35N5O3/c1-5-17(2)26(21-10-11-24-23(14-21)31(12-13-31)30(39)35-24)33-16-19(4)28(37)34-25-15-22(7-6-18(25)3)27(32)36-29(38)20-8-9-20/h6-7,10-11,14-17,20H,5,8-9,12-13H2,1-4H3,(H,34,37)(H,35,39)(H2,32,36,38)/b19-16+,33-26?. The van der Waals surface area contributed by atoms with Crippen LogP contribution in [-0.2, 0) is 19.8 Å². The van der Waals surface area contributed by atoms with Gasteiger partial charge in [0, 0.05) is 34.6 Å². The number of hydrogen-bond acceptors (Lipinski definition) is 4. The molecule has 1 aliphatic heterocycles. The van der Waals surface area contributed by atoms with Gasteiger partial charge in [0.2, 0.25) is 5.91 Å². The van der Waals surface area contributed by atoms with Gasteiger partial charge in [0.15, 0.2) is 0 Å². The van der Waals surface area contributed by atoms with E-state index in [2.05, 4.69) is 35.5 Å². The Labute approximate surface area is 228 Å². The van der Waals surface area contributed by atoms with Crippen molar-refractivity contribution in [1.29, 1.82) is 0 Å². The van der Waals surface area contributed by atoms with E-state index < -0.39 is 0 Å². The third kappa shape index (κ3) is 5.28. The fourth-order valence-corrected chi connectivity index (χ4v) is 4.84. The molecule has 202 valence electrons. The molecule has 1 atom stereocenters. The van der Waals surface area contributed by atoms with Crippen molar-refractivity contribution in [3.63, 3.8) is 0 Å². The zero-order valence-corrected chi connectivity index (χ0v) is 22.9. The van der Waals surface area contributed by atoms with Crippen LogP contribution in [0.25, 0.3) is 0 Å². The topological polar surface area (TPSA) is 126 Å². The molecule has 4 N–H and O–H groups in total. The fraction of sp³-hybridized carbons (Fsp3) is 0.387. The highest BCUT2D eigenvalue weighted by atomic mass is 16.2. The number of fused-ring (bicyclic) bond motifs is 2. The molecule has 0 aromatic heterocycles. The molecule has 2 saturated carbocycles. The van der Waals surface area contributed by atoms with E-state index in [9.17, 15) is 14.4 Å². The maximum Gasteiger partial charge on any atom is 0.252 e. The second kappa shape index (κ2) is 10.2. The molecule has 3 aliphatic rings. The molecule has 2 aromatic carbocycles. The smallest absolute Gasteiger partial charge is 0.252 e. The first-order chi connectivity index (χ1) is 18.6. The van der Waals surface area contributed by atoms with Crippen LogP contribution in [0.4, 0.5) is 11.4 Å². The maximum absolute atomic E-state index is 13.1. The average molecular weight is 526 g/mol. The number of hydrogen-bond donors (Lipinski definition) is 3. The van der Waals surface area contributed by atoms with Crippen molar-refractivity contribution in [3.8, 4) is 0 Å². The molecule has 0 saturated heterocycles. The van der Waals surface area contributed by atoms with Crippen LogP contribution in [0.2, 0.25) is 0 Å². The molecule has 5 rings (SSSR count). The van der Waals surface area contributed by atoms with Crippen LogP contribution >= 0.6 is 0 Å². The average Bonchev–Trinajstić information content (AvgIpc) is 3.83. The van der Waals surface area contributed by atoms with Crippen LogP contribution in [0.5, 0.6) is 0 Å². The van der Waals surface area contributed by atoms with Crippen LogP contribution in [-0.4, -0.2) is 29.3 Å². The number of nitrogens with two attached hydrogens (primary N) is 1. The lowest BCUT2D eigenvalue weighted by atomic mass is 9.90. The number of rotatable bonds is 8. The second-order valence-electron chi connectivity index (χ2n) is 11.0. The third-order valence-electron chi connectivity index (χ3n) is 8.04. The minimum absolute atomic E-state index is 0.00684. The molecule has 2 aromatic rings. The molecule has 0 bridgehead atoms. The van der Waals surface area contributed by atoms with Crippen molar-refractivity contribution in [2.75, 3.05) is 10.6 Å². The first-order valence-corrected chi connectivity index (χ1v) is 13.6. The molecular weight excluding hydrogens is 490 g/mol. The molecule has 3 amide bonds. The van der Waals surface area contributed by atoms with E-state index in [0.717, 1.165) is 60.2 Å². The number of carbonyl (C=O) groups is 3. The van der Waals surface area contributed by atoms with E-state index in [0.29, 0.717) is 16.8 Å². The van der Waals surface area contributed by atoms with Gasteiger partial charge in [-0.3, -0.25) is 19.4 Å². The van der Waals surface area contributed by atoms with Gasteiger partial charge in [-0.05, 0) is 86.8 Å². The van der Waals surface area contributed by atoms with Gasteiger partial charge in [-0.1, -0.05) is 32.0 Å². The summed E-state index contributed by atoms with van der Waals surface area (Å²) in [4.78, 5) is 46.4. The van der Waals surface area contributed by atoms with E-state index >= 15 is 0 Å². The van der Waals surface area contributed by atoms with Gasteiger partial charge in [-0.15, -0.1) is 0 Å². The Balaban J connectivity index is 1.36. The van der Waals surface area contributed by atoms with Crippen LogP contribution in [0, 0.1) is 18.8 Å². The monoisotopic (exact) mass is 525 g/mol. The molecule has 2 fully saturated rings. The number of carbonyl (C=O) groups excluding carboxylic acids is 3. The molecule has 1 heterocycles. The zero-order valence-electron chi connectivity index (χ0n) is 22.9. The molecule has 8 nitrogen and oxygen atoms in total. The van der Waals surface area contributed by atoms with Crippen molar-refractivity contribution in [2.24, 2.45) is 27.6 Å². The van der Waals surface area contributed by atoms with E-state index in [4.69, 9.17) is 10.7 Å². The summed E-state index contributed by atoms with van der Waals surface area (Å²) in [5.41, 5.74) is 12.0. The van der Waals surface area contributed by atoms with Gasteiger partial charge < -0.3 is 16.4 Å². The van der Waals surface area contributed by atoms with Crippen LogP contribution in [0.3, 0.4) is 0 Å². The molecular formula is C31H35N5O3. The summed E-state index contributed by atoms with van der Waals surface area (Å²) in [6.07, 6.45) is 5.96. The predicted octanol–water partition coefficient (Wildman–Crippen LogP) is 5.00. The molecule has 39 heavy (non-hydrogen) atoms. The molecule has 1 unspecified atom stereocenters. The lowest BCUT2D eigenvalue weighted by Gasteiger charge is -2.15. The Morgan fingerprint density at radius 2 is 1.90 bits per heavy atom. The Hall–Kier alpha value is -4.07. The number of nitrogens with one attached hydrogen (secondary N) is 2. The second-order valence-corrected chi connectivity index (χ2v) is 11.0. The van der Waals surface area contributed by atoms with E-state index in [1.165, 1.54) is 0 Å². The minimum atomic E-state index is -0.372. The van der Waals surface area contributed by atoms with Crippen LogP contribution in [0.15, 0.2) is 58.2 Å². The van der Waals surface area contributed by atoms with Gasteiger partial charge in [0.25, 0.3) is 11.8 Å². The Kier molecular flexibility index (Phi) is 6.97. The number of aliphatic imine (C=N–C) groups is 2. The normalized spacial score (nSPS) is 19.0. The van der Waals surface area contributed by atoms with Gasteiger partial charge in [-0.25, -0.2) is 0 Å². The van der Waals surface area contributed by atoms with Crippen molar-refractivity contribution in [1.82, 2.24) is 0 Å². The summed E-state index contributed by atoms with van der Waals surface area (Å²) in [6.45, 7) is 7.83. The number of amidine groups is 1. The van der Waals surface area contributed by atoms with Crippen molar-refractivity contribution in [3.05, 3.63) is 70.4 Å².